The summed E-state index contributed by atoms with van der Waals surface area (Å²) in [5, 5.41) is 39.5. The molecule has 4 aliphatic heterocycles. The molecule has 6 rings (SSSR count). The van der Waals surface area contributed by atoms with E-state index in [0.717, 1.165) is 6.26 Å². The zero-order chi connectivity index (χ0) is 43.5. The number of aliphatic hydroxyl groups is 2. The number of phenols is 1. The number of amides is 2. The van der Waals surface area contributed by atoms with E-state index in [-0.39, 0.29) is 72.3 Å². The number of ether oxygens (including phenoxy) is 5. The lowest BCUT2D eigenvalue weighted by Gasteiger charge is -2.38. The molecule has 1 aliphatic carbocycles. The topological polar surface area (TPSA) is 219 Å². The number of hydrogen-bond donors (Lipinski definition) is 5. The van der Waals surface area contributed by atoms with Gasteiger partial charge in [-0.25, -0.2) is 4.79 Å². The number of ketones is 3. The van der Waals surface area contributed by atoms with Crippen LogP contribution in [0.15, 0.2) is 47.5 Å². The Hall–Kier alpha value is -5.47. The molecule has 16 heteroatoms. The first-order valence-electron chi connectivity index (χ1n) is 19.5. The normalized spacial score (nSPS) is 30.6. The molecule has 0 unspecified atom stereocenters. The van der Waals surface area contributed by atoms with Crippen LogP contribution in [0.2, 0.25) is 0 Å². The van der Waals surface area contributed by atoms with Crippen molar-refractivity contribution in [1.82, 2.24) is 15.5 Å². The number of aromatic hydroxyl groups is 1. The predicted octanol–water partition coefficient (Wildman–Crippen LogP) is 3.09. The van der Waals surface area contributed by atoms with Gasteiger partial charge in [0.25, 0.3) is 11.7 Å². The summed E-state index contributed by atoms with van der Waals surface area (Å²) in [5.74, 6) is -6.59. The largest absolute Gasteiger partial charge is 0.507 e. The van der Waals surface area contributed by atoms with Crippen LogP contribution in [-0.4, -0.2) is 120 Å². The summed E-state index contributed by atoms with van der Waals surface area (Å²) in [6, 6.07) is 0. The number of aliphatic hydroxyl groups excluding tert-OH is 2. The number of benzene rings is 1. The lowest BCUT2D eigenvalue weighted by Crippen LogP contribution is -2.47. The van der Waals surface area contributed by atoms with E-state index in [1.54, 1.807) is 44.7 Å². The van der Waals surface area contributed by atoms with E-state index in [1.807, 2.05) is 0 Å². The van der Waals surface area contributed by atoms with Crippen LogP contribution in [-0.2, 0) is 23.7 Å². The van der Waals surface area contributed by atoms with Gasteiger partial charge < -0.3 is 54.5 Å². The molecule has 0 aromatic heterocycles. The van der Waals surface area contributed by atoms with Crippen LogP contribution in [0, 0.1) is 42.9 Å². The van der Waals surface area contributed by atoms with Gasteiger partial charge in [0.2, 0.25) is 11.6 Å². The highest BCUT2D eigenvalue weighted by atomic mass is 16.7. The average Bonchev–Trinajstić information content (AvgIpc) is 3.48. The van der Waals surface area contributed by atoms with Gasteiger partial charge in [0, 0.05) is 61.9 Å². The maximum Gasteiger partial charge on any atom is 0.408 e. The van der Waals surface area contributed by atoms with Gasteiger partial charge in [-0.1, -0.05) is 51.8 Å². The molecule has 0 radical (unpaired) electrons. The Kier molecular flexibility index (Phi) is 13.8. The van der Waals surface area contributed by atoms with Crippen LogP contribution in [0.3, 0.4) is 0 Å². The highest BCUT2D eigenvalue weighted by Gasteiger charge is 2.53. The summed E-state index contributed by atoms with van der Waals surface area (Å²) >= 11 is 0. The maximum absolute atomic E-state index is 14.7. The second-order valence-electron chi connectivity index (χ2n) is 15.5. The first-order chi connectivity index (χ1) is 27.9. The fourth-order valence-corrected chi connectivity index (χ4v) is 7.86. The number of carbonyl (C=O) groups is 5. The van der Waals surface area contributed by atoms with Gasteiger partial charge in [0.1, 0.15) is 29.0 Å². The number of methoxy groups -OCH3 is 1. The third-order valence-electron chi connectivity index (χ3n) is 11.5. The van der Waals surface area contributed by atoms with Crippen molar-refractivity contribution >= 4 is 29.4 Å². The summed E-state index contributed by atoms with van der Waals surface area (Å²) in [7, 11) is 1.40. The number of morpholine rings is 1. The summed E-state index contributed by atoms with van der Waals surface area (Å²) < 4.78 is 29.1. The van der Waals surface area contributed by atoms with E-state index >= 15 is 0 Å². The minimum absolute atomic E-state index is 0.0126. The Morgan fingerprint density at radius 3 is 2.32 bits per heavy atom. The van der Waals surface area contributed by atoms with Gasteiger partial charge in [-0.2, -0.15) is 0 Å². The second-order valence-corrected chi connectivity index (χ2v) is 15.5. The van der Waals surface area contributed by atoms with Crippen molar-refractivity contribution in [3.63, 3.8) is 0 Å². The van der Waals surface area contributed by atoms with E-state index < -0.39 is 94.5 Å². The molecular weight excluding hydrogens is 766 g/mol. The first-order valence-corrected chi connectivity index (χ1v) is 19.5. The van der Waals surface area contributed by atoms with Crippen LogP contribution in [0.4, 0.5) is 4.79 Å². The number of alkyl carbamates (subject to hydrolysis) is 1. The first kappa shape index (κ1) is 44.6. The van der Waals surface area contributed by atoms with Gasteiger partial charge in [0.15, 0.2) is 0 Å². The second kappa shape index (κ2) is 18.2. The van der Waals surface area contributed by atoms with E-state index in [2.05, 4.69) is 16.6 Å². The van der Waals surface area contributed by atoms with Crippen LogP contribution < -0.4 is 15.4 Å². The maximum atomic E-state index is 14.7. The molecule has 1 fully saturated rings. The Balaban J connectivity index is 1.65. The predicted molar refractivity (Wildman–Crippen MR) is 212 cm³/mol. The molecule has 1 saturated heterocycles. The fourth-order valence-electron chi connectivity index (χ4n) is 7.86. The molecule has 0 spiro atoms. The Bertz CT molecular complexity index is 2040. The molecule has 16 nitrogen and oxygen atoms in total. The minimum atomic E-state index is -2.10. The molecule has 1 aromatic carbocycles. The molecule has 5 N–H and O–H groups in total. The lowest BCUT2D eigenvalue weighted by molar-refractivity contribution is -0.116. The number of rotatable bonds is 4. The molecule has 59 heavy (non-hydrogen) atoms. The van der Waals surface area contributed by atoms with Crippen molar-refractivity contribution < 1.29 is 63.0 Å². The van der Waals surface area contributed by atoms with Gasteiger partial charge in [-0.3, -0.25) is 19.2 Å². The van der Waals surface area contributed by atoms with E-state index in [9.17, 15) is 39.3 Å². The van der Waals surface area contributed by atoms with E-state index in [4.69, 9.17) is 30.1 Å². The summed E-state index contributed by atoms with van der Waals surface area (Å²) in [4.78, 5) is 71.7. The summed E-state index contributed by atoms with van der Waals surface area (Å²) in [6.07, 6.45) is 7.52. The number of carbonyl (C=O) groups excluding carboxylic acids is 5. The Morgan fingerprint density at radius 1 is 1.00 bits per heavy atom. The molecule has 318 valence electrons. The van der Waals surface area contributed by atoms with Crippen molar-refractivity contribution in [3.8, 4) is 23.8 Å². The Labute approximate surface area is 343 Å². The van der Waals surface area contributed by atoms with Gasteiger partial charge in [-0.15, -0.1) is 6.42 Å². The van der Waals surface area contributed by atoms with Crippen LogP contribution in [0.5, 0.6) is 11.5 Å². The minimum Gasteiger partial charge on any atom is -0.507 e. The standard InChI is InChI=1S/C43H53N3O13/c1-10-15-44-42(54)58-38-23(4)27(55-9)14-18-57-43(8)40(52)30-28-29(35(49)26(7)39(30)59-43)36(50)31(32(37(28)51)46-16-19-56-20-17-46)45-41(53)22(3)13-11-12-21(2)33(47)24(5)34(48)25(38)6/h1,11-14,18,21,23-25,27,33-34,38,47-49H,15-17,19-20H2,2-9H3,(H,44,54)(H,45,53)/t21-,23+,24+,25+,27-,33-,34+,38+,43-/m0/s1. The number of phenolic OH excluding ortho intramolecular Hbond substituents is 1. The van der Waals surface area contributed by atoms with Crippen LogP contribution >= 0.6 is 0 Å². The number of nitrogens with zero attached hydrogens (tertiary/aromatic N) is 1. The third kappa shape index (κ3) is 8.65. The van der Waals surface area contributed by atoms with Gasteiger partial charge in [-0.05, 0) is 19.9 Å². The molecule has 5 bridgehead atoms. The third-order valence-corrected chi connectivity index (χ3v) is 11.5. The van der Waals surface area contributed by atoms with Gasteiger partial charge in [0.05, 0.1) is 61.0 Å². The monoisotopic (exact) mass is 819 g/mol. The number of terminal acetylenes is 1. The van der Waals surface area contributed by atoms with E-state index in [0.29, 0.717) is 0 Å². The van der Waals surface area contributed by atoms with Crippen molar-refractivity contribution in [2.24, 2.45) is 23.7 Å². The lowest BCUT2D eigenvalue weighted by atomic mass is 9.78. The smallest absolute Gasteiger partial charge is 0.408 e. The average molecular weight is 820 g/mol. The SMILES string of the molecule is C#CCNC(=O)O[C@H]1[C@H](C)[C@H](O)[C@H](C)[C@@H](O)[C@@H](C)C=CC=C(C)C(=O)NC2=C(N3CCOCC3)C(=O)c3c(c(O)c(C)c4c3C(=O)[C@@](C)(OC=C[C@H](OC)[C@H]1C)O4)C2=O. The summed E-state index contributed by atoms with van der Waals surface area (Å²) in [5.41, 5.74) is -1.56. The van der Waals surface area contributed by atoms with Crippen LogP contribution in [0.1, 0.15) is 78.2 Å². The van der Waals surface area contributed by atoms with Crippen molar-refractivity contribution in [2.45, 2.75) is 78.7 Å². The number of hydrogen-bond acceptors (Lipinski definition) is 14. The highest BCUT2D eigenvalue weighted by Crippen LogP contribution is 2.49. The quantitative estimate of drug-likeness (QED) is 0.276. The molecular formula is C43H53N3O13. The molecule has 2 amide bonds. The molecule has 4 heterocycles. The van der Waals surface area contributed by atoms with Crippen molar-refractivity contribution in [1.29, 1.82) is 0 Å². The Morgan fingerprint density at radius 2 is 1.68 bits per heavy atom. The molecule has 1 aromatic rings. The van der Waals surface area contributed by atoms with Crippen LogP contribution in [0.25, 0.3) is 0 Å². The zero-order valence-corrected chi connectivity index (χ0v) is 34.5. The summed E-state index contributed by atoms with van der Waals surface area (Å²) in [6.45, 7) is 11.7. The fraction of sp³-hybridized carbons (Fsp3) is 0.512. The number of nitrogens with one attached hydrogen (secondary N) is 2. The number of allylic oxidation sites excluding steroid dienone is 4. The zero-order valence-electron chi connectivity index (χ0n) is 34.5. The van der Waals surface area contributed by atoms with Gasteiger partial charge >= 0.3 is 11.9 Å². The molecule has 9 atom stereocenters. The molecule has 0 saturated carbocycles. The molecule has 5 aliphatic rings. The van der Waals surface area contributed by atoms with E-state index in [1.165, 1.54) is 40.0 Å². The highest BCUT2D eigenvalue weighted by molar-refractivity contribution is 6.32. The number of fused-ring (bicyclic) bond motifs is 14. The van der Waals surface area contributed by atoms with Crippen molar-refractivity contribution in [3.05, 3.63) is 69.8 Å². The van der Waals surface area contributed by atoms with Crippen molar-refractivity contribution in [2.75, 3.05) is 40.0 Å². The number of Topliss-reactive ketones (excluding diaryl/α,β-unsaturated/α-hetero) is 3.